The first kappa shape index (κ1) is 29.4. The molecule has 2 amide bonds. The molecule has 1 atom stereocenters. The van der Waals surface area contributed by atoms with Gasteiger partial charge < -0.3 is 10.2 Å². The quantitative estimate of drug-likeness (QED) is 0.271. The van der Waals surface area contributed by atoms with Gasteiger partial charge in [-0.1, -0.05) is 69.1 Å². The van der Waals surface area contributed by atoms with Crippen molar-refractivity contribution in [2.75, 3.05) is 18.4 Å². The third-order valence-electron chi connectivity index (χ3n) is 6.52. The predicted octanol–water partition coefficient (Wildman–Crippen LogP) is 8.03. The monoisotopic (exact) mass is 699 g/mol. The third-order valence-corrected chi connectivity index (χ3v) is 11.4. The number of fused-ring (bicyclic) bond motifs is 1. The molecule has 0 aliphatic carbocycles. The van der Waals surface area contributed by atoms with E-state index in [0.29, 0.717) is 36.8 Å². The van der Waals surface area contributed by atoms with Gasteiger partial charge in [0.15, 0.2) is 0 Å². The first-order valence-corrected chi connectivity index (χ1v) is 16.4. The molecule has 1 N–H and O–H groups in total. The van der Waals surface area contributed by atoms with Crippen molar-refractivity contribution >= 4 is 77.0 Å². The molecule has 6 nitrogen and oxygen atoms in total. The topological polar surface area (TPSA) is 69.7 Å². The molecular formula is C27H28Br2ClN3O3S2. The number of hydrogen-bond acceptors (Lipinski definition) is 4. The molecular weight excluding hydrogens is 674 g/mol. The molecule has 0 saturated heterocycles. The van der Waals surface area contributed by atoms with Crippen molar-refractivity contribution in [3.05, 3.63) is 79.7 Å². The van der Waals surface area contributed by atoms with Gasteiger partial charge in [0.25, 0.3) is 0 Å². The minimum atomic E-state index is -3.71. The first-order chi connectivity index (χ1) is 18.0. The molecule has 1 aliphatic heterocycles. The molecule has 0 saturated carbocycles. The molecule has 202 valence electrons. The molecule has 4 rings (SSSR count). The van der Waals surface area contributed by atoms with E-state index in [1.54, 1.807) is 49.1 Å². The lowest BCUT2D eigenvalue weighted by Gasteiger charge is -2.36. The fourth-order valence-corrected chi connectivity index (χ4v) is 7.94. The van der Waals surface area contributed by atoms with E-state index in [2.05, 4.69) is 37.2 Å². The molecule has 0 radical (unpaired) electrons. The van der Waals surface area contributed by atoms with Gasteiger partial charge in [0.1, 0.15) is 0 Å². The average molecular weight is 702 g/mol. The molecule has 1 unspecified atom stereocenters. The van der Waals surface area contributed by atoms with Crippen LogP contribution in [0, 0.1) is 0 Å². The summed E-state index contributed by atoms with van der Waals surface area (Å²) in [7, 11) is -3.71. The number of halogens is 3. The summed E-state index contributed by atoms with van der Waals surface area (Å²) in [4.78, 5) is 17.2. The van der Waals surface area contributed by atoms with Crippen molar-refractivity contribution in [3.8, 4) is 0 Å². The highest BCUT2D eigenvalue weighted by molar-refractivity contribution is 9.11. The highest BCUT2D eigenvalue weighted by Crippen LogP contribution is 2.38. The second-order valence-corrected chi connectivity index (χ2v) is 14.1. The van der Waals surface area contributed by atoms with E-state index in [1.165, 1.54) is 21.6 Å². The van der Waals surface area contributed by atoms with Gasteiger partial charge in [0.2, 0.25) is 10.0 Å². The van der Waals surface area contributed by atoms with Gasteiger partial charge >= 0.3 is 6.03 Å². The first-order valence-electron chi connectivity index (χ1n) is 12.2. The SMILES string of the molecule is CCN(CC)S(=O)(=O)c1ccc(Sc2ccc(Cl)cc2)c(NC(=O)N2Cc3c(Br)ccc(Br)c3CC2C)c1. The summed E-state index contributed by atoms with van der Waals surface area (Å²) < 4.78 is 29.9. The van der Waals surface area contributed by atoms with Crippen LogP contribution < -0.4 is 5.32 Å². The minimum absolute atomic E-state index is 0.0527. The van der Waals surface area contributed by atoms with E-state index in [9.17, 15) is 13.2 Å². The van der Waals surface area contributed by atoms with Gasteiger partial charge in [-0.15, -0.1) is 0 Å². The molecule has 11 heteroatoms. The van der Waals surface area contributed by atoms with Crippen LogP contribution in [0.4, 0.5) is 10.5 Å². The maximum absolute atomic E-state index is 13.6. The maximum atomic E-state index is 13.6. The van der Waals surface area contributed by atoms with Gasteiger partial charge in [-0.05, 0) is 79.1 Å². The summed E-state index contributed by atoms with van der Waals surface area (Å²) in [5, 5.41) is 3.65. The lowest BCUT2D eigenvalue weighted by Crippen LogP contribution is -2.45. The zero-order chi connectivity index (χ0) is 27.6. The molecule has 0 fully saturated rings. The van der Waals surface area contributed by atoms with E-state index in [-0.39, 0.29) is 17.0 Å². The number of carbonyl (C=O) groups excluding carboxylic acids is 1. The Morgan fingerprint density at radius 1 is 1.05 bits per heavy atom. The van der Waals surface area contributed by atoms with Crippen molar-refractivity contribution in [3.63, 3.8) is 0 Å². The number of nitrogens with zero attached hydrogens (tertiary/aromatic N) is 2. The fourth-order valence-electron chi connectivity index (χ4n) is 4.42. The molecule has 3 aromatic carbocycles. The normalized spacial score (nSPS) is 15.4. The lowest BCUT2D eigenvalue weighted by molar-refractivity contribution is 0.182. The van der Waals surface area contributed by atoms with Crippen LogP contribution >= 0.6 is 55.2 Å². The highest BCUT2D eigenvalue weighted by atomic mass is 79.9. The van der Waals surface area contributed by atoms with Gasteiger partial charge in [0.05, 0.1) is 10.6 Å². The maximum Gasteiger partial charge on any atom is 0.322 e. The summed E-state index contributed by atoms with van der Waals surface area (Å²) >= 11 is 14.7. The predicted molar refractivity (Wildman–Crippen MR) is 162 cm³/mol. The summed E-state index contributed by atoms with van der Waals surface area (Å²) in [5.41, 5.74) is 2.68. The Bertz CT molecular complexity index is 1450. The Kier molecular flexibility index (Phi) is 9.53. The Hall–Kier alpha value is -1.56. The Labute approximate surface area is 250 Å². The number of anilines is 1. The number of nitrogens with one attached hydrogen (secondary N) is 1. The largest absolute Gasteiger partial charge is 0.322 e. The van der Waals surface area contributed by atoms with Crippen LogP contribution in [0.15, 0.2) is 78.2 Å². The van der Waals surface area contributed by atoms with Crippen LogP contribution in [-0.2, 0) is 23.0 Å². The van der Waals surface area contributed by atoms with Gasteiger partial charge in [-0.25, -0.2) is 13.2 Å². The lowest BCUT2D eigenvalue weighted by atomic mass is 9.95. The summed E-state index contributed by atoms with van der Waals surface area (Å²) in [6.45, 7) is 6.77. The zero-order valence-electron chi connectivity index (χ0n) is 21.2. The average Bonchev–Trinajstić information content (AvgIpc) is 2.88. The Morgan fingerprint density at radius 2 is 1.68 bits per heavy atom. The van der Waals surface area contributed by atoms with Crippen LogP contribution in [0.5, 0.6) is 0 Å². The number of sulfonamides is 1. The summed E-state index contributed by atoms with van der Waals surface area (Å²) in [5.74, 6) is 0. The van der Waals surface area contributed by atoms with Crippen LogP contribution in [0.2, 0.25) is 5.02 Å². The van der Waals surface area contributed by atoms with Crippen molar-refractivity contribution < 1.29 is 13.2 Å². The summed E-state index contributed by atoms with van der Waals surface area (Å²) in [6.07, 6.45) is 0.700. The van der Waals surface area contributed by atoms with Crippen LogP contribution in [0.3, 0.4) is 0 Å². The van der Waals surface area contributed by atoms with Gasteiger partial charge in [0, 0.05) is 49.4 Å². The number of urea groups is 1. The smallest absolute Gasteiger partial charge is 0.317 e. The highest BCUT2D eigenvalue weighted by Gasteiger charge is 2.30. The number of rotatable bonds is 7. The zero-order valence-corrected chi connectivity index (χ0v) is 26.7. The van der Waals surface area contributed by atoms with Crippen molar-refractivity contribution in [2.24, 2.45) is 0 Å². The van der Waals surface area contributed by atoms with Crippen LogP contribution in [0.1, 0.15) is 31.9 Å². The third kappa shape index (κ3) is 6.26. The van der Waals surface area contributed by atoms with Crippen molar-refractivity contribution in [1.29, 1.82) is 0 Å². The van der Waals surface area contributed by atoms with Crippen molar-refractivity contribution in [2.45, 2.75) is 54.5 Å². The number of amides is 2. The number of carbonyl (C=O) groups is 1. The number of hydrogen-bond donors (Lipinski definition) is 1. The Balaban J connectivity index is 1.69. The molecule has 1 heterocycles. The van der Waals surface area contributed by atoms with Crippen LogP contribution in [-0.4, -0.2) is 42.8 Å². The second-order valence-electron chi connectivity index (χ2n) is 8.90. The van der Waals surface area contributed by atoms with Crippen molar-refractivity contribution in [1.82, 2.24) is 9.21 Å². The van der Waals surface area contributed by atoms with Crippen LogP contribution in [0.25, 0.3) is 0 Å². The molecule has 0 aromatic heterocycles. The molecule has 3 aromatic rings. The minimum Gasteiger partial charge on any atom is -0.317 e. The van der Waals surface area contributed by atoms with E-state index in [1.807, 2.05) is 31.2 Å². The van der Waals surface area contributed by atoms with Gasteiger partial charge in [-0.2, -0.15) is 4.31 Å². The molecule has 38 heavy (non-hydrogen) atoms. The Morgan fingerprint density at radius 3 is 2.32 bits per heavy atom. The molecule has 0 spiro atoms. The fraction of sp³-hybridized carbons (Fsp3) is 0.296. The second kappa shape index (κ2) is 12.3. The van der Waals surface area contributed by atoms with Gasteiger partial charge in [-0.3, -0.25) is 0 Å². The standard InChI is InChI=1S/C27H28Br2ClN3O3S2/c1-4-32(5-2)38(35,36)20-10-13-26(37-19-8-6-18(30)7-9-19)25(15-20)31-27(34)33-16-22-21(14-17(33)3)23(28)11-12-24(22)29/h6-13,15,17H,4-5,14,16H2,1-3H3,(H,31,34). The molecule has 0 bridgehead atoms. The molecule has 1 aliphatic rings. The summed E-state index contributed by atoms with van der Waals surface area (Å²) in [6, 6.07) is 15.9. The van der Waals surface area contributed by atoms with E-state index in [0.717, 1.165) is 24.3 Å². The van der Waals surface area contributed by atoms with E-state index >= 15 is 0 Å². The number of benzene rings is 3. The van der Waals surface area contributed by atoms with E-state index < -0.39 is 10.0 Å². The van der Waals surface area contributed by atoms with E-state index in [4.69, 9.17) is 11.6 Å².